The standard InChI is InChI=1S/C14H23N3/c1-9(2)17-11(4)12(10(3)16-17)13(5-6-13)14(15)7-8-14/h9H,5-8,15H2,1-4H3. The molecule has 0 spiro atoms. The summed E-state index contributed by atoms with van der Waals surface area (Å²) < 4.78 is 2.16. The molecule has 0 radical (unpaired) electrons. The Morgan fingerprint density at radius 3 is 2.12 bits per heavy atom. The summed E-state index contributed by atoms with van der Waals surface area (Å²) >= 11 is 0. The fourth-order valence-corrected chi connectivity index (χ4v) is 3.59. The number of hydrogen-bond donors (Lipinski definition) is 1. The summed E-state index contributed by atoms with van der Waals surface area (Å²) in [6.45, 7) is 8.74. The quantitative estimate of drug-likeness (QED) is 0.872. The second-order valence-corrected chi connectivity index (χ2v) is 6.32. The van der Waals surface area contributed by atoms with E-state index in [4.69, 9.17) is 10.8 Å². The van der Waals surface area contributed by atoms with Crippen molar-refractivity contribution in [2.75, 3.05) is 0 Å². The zero-order chi connectivity index (χ0) is 12.4. The Morgan fingerprint density at radius 1 is 1.18 bits per heavy atom. The van der Waals surface area contributed by atoms with Gasteiger partial charge in [0.1, 0.15) is 0 Å². The third kappa shape index (κ3) is 1.35. The molecule has 0 saturated heterocycles. The smallest absolute Gasteiger partial charge is 0.0634 e. The van der Waals surface area contributed by atoms with E-state index in [0.717, 1.165) is 0 Å². The van der Waals surface area contributed by atoms with Gasteiger partial charge >= 0.3 is 0 Å². The molecule has 0 atom stereocenters. The van der Waals surface area contributed by atoms with E-state index < -0.39 is 0 Å². The largest absolute Gasteiger partial charge is 0.324 e. The van der Waals surface area contributed by atoms with Gasteiger partial charge in [-0.05, 0) is 53.4 Å². The van der Waals surface area contributed by atoms with Crippen LogP contribution >= 0.6 is 0 Å². The van der Waals surface area contributed by atoms with E-state index in [9.17, 15) is 0 Å². The van der Waals surface area contributed by atoms with E-state index in [1.165, 1.54) is 42.6 Å². The summed E-state index contributed by atoms with van der Waals surface area (Å²) in [4.78, 5) is 0. The summed E-state index contributed by atoms with van der Waals surface area (Å²) in [7, 11) is 0. The molecule has 0 aromatic carbocycles. The molecule has 0 aliphatic heterocycles. The molecule has 3 heteroatoms. The first kappa shape index (κ1) is 11.3. The Morgan fingerprint density at radius 2 is 1.76 bits per heavy atom. The third-order valence-electron chi connectivity index (χ3n) is 4.78. The van der Waals surface area contributed by atoms with Crippen LogP contribution in [0, 0.1) is 13.8 Å². The minimum absolute atomic E-state index is 0.0906. The van der Waals surface area contributed by atoms with Gasteiger partial charge in [-0.15, -0.1) is 0 Å². The molecule has 17 heavy (non-hydrogen) atoms. The fourth-order valence-electron chi connectivity index (χ4n) is 3.59. The highest BCUT2D eigenvalue weighted by atomic mass is 15.3. The second-order valence-electron chi connectivity index (χ2n) is 6.32. The van der Waals surface area contributed by atoms with Gasteiger partial charge in [0.05, 0.1) is 5.69 Å². The van der Waals surface area contributed by atoms with Crippen LogP contribution in [0.3, 0.4) is 0 Å². The highest BCUT2D eigenvalue weighted by Crippen LogP contribution is 2.64. The maximum Gasteiger partial charge on any atom is 0.0634 e. The molecule has 1 aromatic rings. The van der Waals surface area contributed by atoms with Crippen molar-refractivity contribution >= 4 is 0 Å². The molecule has 1 aromatic heterocycles. The third-order valence-corrected chi connectivity index (χ3v) is 4.78. The number of aryl methyl sites for hydroxylation is 1. The molecule has 1 heterocycles. The highest BCUT2D eigenvalue weighted by molar-refractivity contribution is 5.45. The van der Waals surface area contributed by atoms with Gasteiger partial charge in [0.2, 0.25) is 0 Å². The maximum atomic E-state index is 6.50. The first-order valence-electron chi connectivity index (χ1n) is 6.76. The van der Waals surface area contributed by atoms with Crippen LogP contribution in [0.1, 0.15) is 62.5 Å². The lowest BCUT2D eigenvalue weighted by Crippen LogP contribution is -2.38. The molecule has 2 saturated carbocycles. The molecule has 0 bridgehead atoms. The Labute approximate surface area is 103 Å². The molecule has 2 aliphatic carbocycles. The predicted octanol–water partition coefficient (Wildman–Crippen LogP) is 2.60. The van der Waals surface area contributed by atoms with Crippen molar-refractivity contribution in [3.63, 3.8) is 0 Å². The van der Waals surface area contributed by atoms with Crippen LogP contribution in [-0.4, -0.2) is 15.3 Å². The maximum absolute atomic E-state index is 6.50. The van der Waals surface area contributed by atoms with Crippen LogP contribution in [-0.2, 0) is 5.41 Å². The normalized spacial score (nSPS) is 24.1. The molecule has 2 N–H and O–H groups in total. The first-order chi connectivity index (χ1) is 7.91. The average molecular weight is 233 g/mol. The van der Waals surface area contributed by atoms with Crippen molar-refractivity contribution in [3.05, 3.63) is 17.0 Å². The molecule has 94 valence electrons. The lowest BCUT2D eigenvalue weighted by molar-refractivity contribution is 0.489. The van der Waals surface area contributed by atoms with Gasteiger partial charge in [0.25, 0.3) is 0 Å². The lowest BCUT2D eigenvalue weighted by Gasteiger charge is -2.24. The molecule has 2 fully saturated rings. The Balaban J connectivity index is 2.10. The number of rotatable bonds is 3. The predicted molar refractivity (Wildman–Crippen MR) is 69.2 cm³/mol. The topological polar surface area (TPSA) is 43.8 Å². The summed E-state index contributed by atoms with van der Waals surface area (Å²) in [6.07, 6.45) is 4.90. The van der Waals surface area contributed by atoms with Gasteiger partial charge < -0.3 is 5.73 Å². The minimum atomic E-state index is 0.0906. The van der Waals surface area contributed by atoms with Gasteiger partial charge in [0.15, 0.2) is 0 Å². The van der Waals surface area contributed by atoms with Crippen LogP contribution in [0.2, 0.25) is 0 Å². The summed E-state index contributed by atoms with van der Waals surface area (Å²) in [6, 6.07) is 0.436. The van der Waals surface area contributed by atoms with E-state index >= 15 is 0 Å². The lowest BCUT2D eigenvalue weighted by atomic mass is 9.85. The van der Waals surface area contributed by atoms with Crippen molar-refractivity contribution in [1.82, 2.24) is 9.78 Å². The van der Waals surface area contributed by atoms with Crippen molar-refractivity contribution in [3.8, 4) is 0 Å². The van der Waals surface area contributed by atoms with Gasteiger partial charge in [-0.2, -0.15) is 5.10 Å². The van der Waals surface area contributed by atoms with Crippen molar-refractivity contribution in [2.45, 2.75) is 70.4 Å². The first-order valence-corrected chi connectivity index (χ1v) is 6.76. The molecule has 0 unspecified atom stereocenters. The monoisotopic (exact) mass is 233 g/mol. The molecule has 3 rings (SSSR count). The number of nitrogens with two attached hydrogens (primary N) is 1. The molecular formula is C14H23N3. The minimum Gasteiger partial charge on any atom is -0.324 e. The summed E-state index contributed by atoms with van der Waals surface area (Å²) in [5.74, 6) is 0. The van der Waals surface area contributed by atoms with E-state index in [0.29, 0.717) is 6.04 Å². The molecule has 0 amide bonds. The van der Waals surface area contributed by atoms with Crippen LogP contribution in [0.4, 0.5) is 0 Å². The Hall–Kier alpha value is -0.830. The second kappa shape index (κ2) is 3.14. The summed E-state index contributed by atoms with van der Waals surface area (Å²) in [5.41, 5.74) is 10.9. The highest BCUT2D eigenvalue weighted by Gasteiger charge is 2.65. The van der Waals surface area contributed by atoms with Crippen LogP contribution in [0.25, 0.3) is 0 Å². The molecule has 2 aliphatic rings. The van der Waals surface area contributed by atoms with Crippen molar-refractivity contribution in [1.29, 1.82) is 0 Å². The Kier molecular flexibility index (Phi) is 2.08. The van der Waals surface area contributed by atoms with E-state index in [1.54, 1.807) is 0 Å². The molecular weight excluding hydrogens is 210 g/mol. The SMILES string of the molecule is Cc1nn(C(C)C)c(C)c1C1(C2(N)CC2)CC1. The van der Waals surface area contributed by atoms with Gasteiger partial charge in [-0.1, -0.05) is 0 Å². The van der Waals surface area contributed by atoms with Crippen molar-refractivity contribution in [2.24, 2.45) is 5.73 Å². The van der Waals surface area contributed by atoms with E-state index in [1.807, 2.05) is 0 Å². The zero-order valence-corrected chi connectivity index (χ0v) is 11.4. The van der Waals surface area contributed by atoms with Gasteiger partial charge in [0, 0.05) is 28.3 Å². The average Bonchev–Trinajstić information content (AvgIpc) is 3.12. The van der Waals surface area contributed by atoms with Gasteiger partial charge in [-0.25, -0.2) is 0 Å². The molecule has 3 nitrogen and oxygen atoms in total. The number of nitrogens with zero attached hydrogens (tertiary/aromatic N) is 2. The van der Waals surface area contributed by atoms with Crippen LogP contribution in [0.5, 0.6) is 0 Å². The van der Waals surface area contributed by atoms with Crippen LogP contribution < -0.4 is 5.73 Å². The zero-order valence-electron chi connectivity index (χ0n) is 11.4. The summed E-state index contributed by atoms with van der Waals surface area (Å²) in [5, 5.41) is 4.72. The van der Waals surface area contributed by atoms with Crippen LogP contribution in [0.15, 0.2) is 0 Å². The van der Waals surface area contributed by atoms with Gasteiger partial charge in [-0.3, -0.25) is 4.68 Å². The Bertz CT molecular complexity index is 462. The fraction of sp³-hybridized carbons (Fsp3) is 0.786. The van der Waals surface area contributed by atoms with E-state index in [2.05, 4.69) is 32.4 Å². The number of hydrogen-bond acceptors (Lipinski definition) is 2. The number of aromatic nitrogens is 2. The van der Waals surface area contributed by atoms with E-state index in [-0.39, 0.29) is 11.0 Å². The van der Waals surface area contributed by atoms with Crippen molar-refractivity contribution < 1.29 is 0 Å².